The van der Waals surface area contributed by atoms with E-state index >= 15 is 0 Å². The number of fused-ring (bicyclic) bond motifs is 1. The predicted molar refractivity (Wildman–Crippen MR) is 85.5 cm³/mol. The molecule has 0 amide bonds. The Balaban J connectivity index is 1.95. The van der Waals surface area contributed by atoms with Crippen LogP contribution in [-0.4, -0.2) is 4.98 Å². The van der Waals surface area contributed by atoms with E-state index in [-0.39, 0.29) is 0 Å². The average molecular weight is 294 g/mol. The van der Waals surface area contributed by atoms with E-state index < -0.39 is 0 Å². The number of para-hydroxylation sites is 1. The maximum Gasteiger partial charge on any atom is 0.155 e. The maximum absolute atomic E-state index is 8.96. The Kier molecular flexibility index (Phi) is 3.82. The highest BCUT2D eigenvalue weighted by atomic mass is 32.2. The molecule has 2 aromatic carbocycles. The van der Waals surface area contributed by atoms with Crippen molar-refractivity contribution in [3.8, 4) is 6.07 Å². The van der Waals surface area contributed by atoms with Gasteiger partial charge in [0.25, 0.3) is 0 Å². The number of nitriles is 1. The van der Waals surface area contributed by atoms with Crippen molar-refractivity contribution in [1.29, 1.82) is 5.26 Å². The van der Waals surface area contributed by atoms with Crippen molar-refractivity contribution >= 4 is 38.2 Å². The molecule has 0 aliphatic carbocycles. The highest BCUT2D eigenvalue weighted by Gasteiger charge is 2.08. The van der Waals surface area contributed by atoms with E-state index in [9.17, 15) is 0 Å². The van der Waals surface area contributed by atoms with Crippen LogP contribution in [0, 0.1) is 11.3 Å². The SMILES string of the molecule is N#CC=C(Sc1nc2ccccc2s1)c1ccccc1. The number of thiazole rings is 1. The summed E-state index contributed by atoms with van der Waals surface area (Å²) in [7, 11) is 0. The zero-order valence-corrected chi connectivity index (χ0v) is 12.1. The number of benzene rings is 2. The first kappa shape index (κ1) is 12.9. The van der Waals surface area contributed by atoms with Gasteiger partial charge in [0, 0.05) is 11.0 Å². The molecule has 0 aliphatic heterocycles. The fourth-order valence-corrected chi connectivity index (χ4v) is 3.92. The number of allylic oxidation sites excluding steroid dienone is 1. The van der Waals surface area contributed by atoms with Gasteiger partial charge in [-0.05, 0) is 17.7 Å². The molecule has 0 bridgehead atoms. The average Bonchev–Trinajstić information content (AvgIpc) is 2.90. The van der Waals surface area contributed by atoms with Crippen molar-refractivity contribution < 1.29 is 0 Å². The number of nitrogens with zero attached hydrogens (tertiary/aromatic N) is 2. The first-order chi connectivity index (χ1) is 9.86. The molecule has 0 atom stereocenters. The van der Waals surface area contributed by atoms with Crippen LogP contribution >= 0.6 is 23.1 Å². The molecule has 20 heavy (non-hydrogen) atoms. The third-order valence-corrected chi connectivity index (χ3v) is 4.90. The number of hydrogen-bond acceptors (Lipinski definition) is 4. The molecule has 0 N–H and O–H groups in total. The molecule has 2 nitrogen and oxygen atoms in total. The van der Waals surface area contributed by atoms with Gasteiger partial charge < -0.3 is 0 Å². The van der Waals surface area contributed by atoms with E-state index in [1.165, 1.54) is 16.5 Å². The van der Waals surface area contributed by atoms with Gasteiger partial charge in [0.1, 0.15) is 0 Å². The second-order valence-electron chi connectivity index (χ2n) is 4.05. The summed E-state index contributed by atoms with van der Waals surface area (Å²) >= 11 is 3.19. The Morgan fingerprint density at radius 2 is 1.85 bits per heavy atom. The summed E-state index contributed by atoms with van der Waals surface area (Å²) in [6.07, 6.45) is 1.58. The summed E-state index contributed by atoms with van der Waals surface area (Å²) in [5.74, 6) is 0. The molecule has 3 aromatic rings. The summed E-state index contributed by atoms with van der Waals surface area (Å²) < 4.78 is 2.12. The van der Waals surface area contributed by atoms with Crippen LogP contribution in [0.4, 0.5) is 0 Å². The molecule has 0 fully saturated rings. The largest absolute Gasteiger partial charge is 0.229 e. The summed E-state index contributed by atoms with van der Waals surface area (Å²) in [4.78, 5) is 5.51. The zero-order valence-electron chi connectivity index (χ0n) is 10.5. The molecule has 0 saturated heterocycles. The van der Waals surface area contributed by atoms with E-state index in [2.05, 4.69) is 17.1 Å². The third-order valence-electron chi connectivity index (χ3n) is 2.73. The van der Waals surface area contributed by atoms with Gasteiger partial charge in [-0.1, -0.05) is 54.2 Å². The van der Waals surface area contributed by atoms with E-state index in [4.69, 9.17) is 5.26 Å². The molecule has 0 aliphatic rings. The van der Waals surface area contributed by atoms with Crippen LogP contribution < -0.4 is 0 Å². The minimum absolute atomic E-state index is 0.923. The third kappa shape index (κ3) is 2.74. The van der Waals surface area contributed by atoms with E-state index in [1.807, 2.05) is 48.5 Å². The van der Waals surface area contributed by atoms with Gasteiger partial charge >= 0.3 is 0 Å². The van der Waals surface area contributed by atoms with Crippen LogP contribution in [0.5, 0.6) is 0 Å². The summed E-state index contributed by atoms with van der Waals surface area (Å²) in [5, 5.41) is 8.96. The van der Waals surface area contributed by atoms with Gasteiger partial charge in [-0.3, -0.25) is 0 Å². The van der Waals surface area contributed by atoms with E-state index in [0.29, 0.717) is 0 Å². The van der Waals surface area contributed by atoms with Crippen molar-refractivity contribution in [2.45, 2.75) is 4.34 Å². The normalized spacial score (nSPS) is 11.4. The quantitative estimate of drug-likeness (QED) is 0.506. The van der Waals surface area contributed by atoms with Crippen LogP contribution in [0.2, 0.25) is 0 Å². The van der Waals surface area contributed by atoms with Gasteiger partial charge in [-0.2, -0.15) is 5.26 Å². The molecule has 3 rings (SSSR count). The smallest absolute Gasteiger partial charge is 0.155 e. The first-order valence-corrected chi connectivity index (χ1v) is 7.69. The molecule has 1 aromatic heterocycles. The lowest BCUT2D eigenvalue weighted by molar-refractivity contribution is 1.31. The van der Waals surface area contributed by atoms with Gasteiger partial charge in [-0.25, -0.2) is 4.98 Å². The second-order valence-corrected chi connectivity index (χ2v) is 6.37. The number of thioether (sulfide) groups is 1. The monoisotopic (exact) mass is 294 g/mol. The highest BCUT2D eigenvalue weighted by Crippen LogP contribution is 2.38. The highest BCUT2D eigenvalue weighted by molar-refractivity contribution is 8.09. The van der Waals surface area contributed by atoms with E-state index in [1.54, 1.807) is 17.4 Å². The van der Waals surface area contributed by atoms with Crippen molar-refractivity contribution in [3.63, 3.8) is 0 Å². The number of rotatable bonds is 3. The Morgan fingerprint density at radius 3 is 2.60 bits per heavy atom. The Morgan fingerprint density at radius 1 is 1.10 bits per heavy atom. The van der Waals surface area contributed by atoms with Gasteiger partial charge in [-0.15, -0.1) is 11.3 Å². The molecular formula is C16H10N2S2. The maximum atomic E-state index is 8.96. The van der Waals surface area contributed by atoms with Crippen LogP contribution in [0.15, 0.2) is 65.0 Å². The number of hydrogen-bond donors (Lipinski definition) is 0. The lowest BCUT2D eigenvalue weighted by atomic mass is 10.2. The molecule has 0 saturated carbocycles. The molecule has 0 spiro atoms. The van der Waals surface area contributed by atoms with Gasteiger partial charge in [0.05, 0.1) is 16.3 Å². The topological polar surface area (TPSA) is 36.7 Å². The molecule has 0 unspecified atom stereocenters. The van der Waals surface area contributed by atoms with Crippen molar-refractivity contribution in [3.05, 3.63) is 66.2 Å². The van der Waals surface area contributed by atoms with E-state index in [0.717, 1.165) is 20.3 Å². The van der Waals surface area contributed by atoms with Crippen LogP contribution in [0.25, 0.3) is 15.1 Å². The standard InChI is InChI=1S/C16H10N2S2/c17-11-10-14(12-6-2-1-3-7-12)19-16-18-13-8-4-5-9-15(13)20-16/h1-10H. The van der Waals surface area contributed by atoms with Crippen LogP contribution in [-0.2, 0) is 0 Å². The number of aromatic nitrogens is 1. The van der Waals surface area contributed by atoms with Crippen molar-refractivity contribution in [1.82, 2.24) is 4.98 Å². The van der Waals surface area contributed by atoms with Gasteiger partial charge in [0.15, 0.2) is 4.34 Å². The Labute approximate surface area is 125 Å². The molecule has 96 valence electrons. The fraction of sp³-hybridized carbons (Fsp3) is 0. The molecule has 1 heterocycles. The van der Waals surface area contributed by atoms with Crippen molar-refractivity contribution in [2.75, 3.05) is 0 Å². The van der Waals surface area contributed by atoms with Crippen LogP contribution in [0.1, 0.15) is 5.56 Å². The fourth-order valence-electron chi connectivity index (χ4n) is 1.82. The Hall–Kier alpha value is -2.09. The minimum Gasteiger partial charge on any atom is -0.229 e. The lowest BCUT2D eigenvalue weighted by Crippen LogP contribution is -1.79. The first-order valence-electron chi connectivity index (χ1n) is 6.05. The minimum atomic E-state index is 0.923. The molecule has 4 heteroatoms. The summed E-state index contributed by atoms with van der Waals surface area (Å²) in [6.45, 7) is 0. The van der Waals surface area contributed by atoms with Crippen LogP contribution in [0.3, 0.4) is 0 Å². The lowest BCUT2D eigenvalue weighted by Gasteiger charge is -2.02. The Bertz CT molecular complexity index is 765. The summed E-state index contributed by atoms with van der Waals surface area (Å²) in [5.41, 5.74) is 2.04. The molecule has 0 radical (unpaired) electrons. The van der Waals surface area contributed by atoms with Gasteiger partial charge in [0.2, 0.25) is 0 Å². The zero-order chi connectivity index (χ0) is 13.8. The molecular weight excluding hydrogens is 284 g/mol. The second kappa shape index (κ2) is 5.91. The van der Waals surface area contributed by atoms with Crippen molar-refractivity contribution in [2.24, 2.45) is 0 Å². The summed E-state index contributed by atoms with van der Waals surface area (Å²) in [6, 6.07) is 20.1. The predicted octanol–water partition coefficient (Wildman–Crippen LogP) is 4.95.